The molecular formula is C15H18N4O. The van der Waals surface area contributed by atoms with Crippen LogP contribution in [0.5, 0.6) is 0 Å². The molecule has 1 heterocycles. The molecular weight excluding hydrogens is 252 g/mol. The van der Waals surface area contributed by atoms with E-state index in [4.69, 9.17) is 11.5 Å². The molecule has 5 N–H and O–H groups in total. The fraction of sp³-hybridized carbons (Fsp3) is 0.200. The number of benzene rings is 1. The minimum atomic E-state index is -0.539. The molecule has 104 valence electrons. The van der Waals surface area contributed by atoms with Crippen molar-refractivity contribution in [1.29, 1.82) is 0 Å². The van der Waals surface area contributed by atoms with Gasteiger partial charge in [-0.05, 0) is 25.0 Å². The number of hydrogen-bond acceptors (Lipinski definition) is 4. The minimum Gasteiger partial charge on any atom is -0.397 e. The highest BCUT2D eigenvalue weighted by Crippen LogP contribution is 2.15. The van der Waals surface area contributed by atoms with Gasteiger partial charge >= 0.3 is 0 Å². The Balaban J connectivity index is 2.02. The Bertz CT molecular complexity index is 625. The number of hydrogen-bond donors (Lipinski definition) is 3. The van der Waals surface area contributed by atoms with Gasteiger partial charge in [0, 0.05) is 6.54 Å². The van der Waals surface area contributed by atoms with Crippen molar-refractivity contribution in [2.45, 2.75) is 13.3 Å². The molecule has 2 rings (SSSR count). The lowest BCUT2D eigenvalue weighted by atomic mass is 10.1. The lowest BCUT2D eigenvalue weighted by Crippen LogP contribution is -2.17. The fourth-order valence-electron chi connectivity index (χ4n) is 2.00. The van der Waals surface area contributed by atoms with Crippen molar-refractivity contribution in [3.05, 3.63) is 53.2 Å². The number of aryl methyl sites for hydroxylation is 1. The topological polar surface area (TPSA) is 94.0 Å². The maximum atomic E-state index is 11.3. The maximum absolute atomic E-state index is 11.3. The SMILES string of the molecule is Cc1cccc(CCNc2ncc(N)cc2C(N)=O)c1. The molecule has 1 aromatic carbocycles. The Kier molecular flexibility index (Phi) is 4.20. The van der Waals surface area contributed by atoms with Crippen molar-refractivity contribution < 1.29 is 4.79 Å². The van der Waals surface area contributed by atoms with Crippen molar-refractivity contribution in [1.82, 2.24) is 4.98 Å². The molecule has 0 saturated heterocycles. The number of carbonyl (C=O) groups excluding carboxylic acids is 1. The van der Waals surface area contributed by atoms with Crippen LogP contribution in [-0.2, 0) is 6.42 Å². The molecule has 0 atom stereocenters. The van der Waals surface area contributed by atoms with Gasteiger partial charge in [-0.1, -0.05) is 29.8 Å². The van der Waals surface area contributed by atoms with Gasteiger partial charge in [0.2, 0.25) is 0 Å². The predicted octanol–water partition coefficient (Wildman–Crippen LogP) is 1.73. The summed E-state index contributed by atoms with van der Waals surface area (Å²) < 4.78 is 0. The van der Waals surface area contributed by atoms with Gasteiger partial charge in [-0.2, -0.15) is 0 Å². The highest BCUT2D eigenvalue weighted by molar-refractivity contribution is 5.98. The normalized spacial score (nSPS) is 10.2. The van der Waals surface area contributed by atoms with Gasteiger partial charge in [-0.15, -0.1) is 0 Å². The number of primary amides is 1. The second-order valence-corrected chi connectivity index (χ2v) is 4.69. The van der Waals surface area contributed by atoms with Crippen LogP contribution in [0.15, 0.2) is 36.5 Å². The first-order chi connectivity index (χ1) is 9.56. The third-order valence-corrected chi connectivity index (χ3v) is 2.96. The number of rotatable bonds is 5. The quantitative estimate of drug-likeness (QED) is 0.771. The number of nitrogen functional groups attached to an aromatic ring is 1. The van der Waals surface area contributed by atoms with E-state index in [2.05, 4.69) is 35.4 Å². The summed E-state index contributed by atoms with van der Waals surface area (Å²) in [5, 5.41) is 3.12. The predicted molar refractivity (Wildman–Crippen MR) is 80.5 cm³/mol. The minimum absolute atomic E-state index is 0.314. The summed E-state index contributed by atoms with van der Waals surface area (Å²) in [6.07, 6.45) is 2.34. The van der Waals surface area contributed by atoms with Crippen molar-refractivity contribution in [3.8, 4) is 0 Å². The number of anilines is 2. The van der Waals surface area contributed by atoms with Crippen LogP contribution in [0.3, 0.4) is 0 Å². The highest BCUT2D eigenvalue weighted by atomic mass is 16.1. The number of nitrogens with zero attached hydrogens (tertiary/aromatic N) is 1. The standard InChI is InChI=1S/C15H18N4O/c1-10-3-2-4-11(7-10)5-6-18-15-13(14(17)20)8-12(16)9-19-15/h2-4,7-9H,5-6,16H2,1H3,(H2,17,20)(H,18,19). The van der Waals surface area contributed by atoms with Crippen LogP contribution >= 0.6 is 0 Å². The third kappa shape index (κ3) is 3.47. The van der Waals surface area contributed by atoms with Crippen LogP contribution in [0, 0.1) is 6.92 Å². The van der Waals surface area contributed by atoms with Crippen molar-refractivity contribution in [2.24, 2.45) is 5.73 Å². The molecule has 20 heavy (non-hydrogen) atoms. The lowest BCUT2D eigenvalue weighted by Gasteiger charge is -2.10. The van der Waals surface area contributed by atoms with Gasteiger partial charge in [0.1, 0.15) is 5.82 Å². The smallest absolute Gasteiger partial charge is 0.252 e. The average Bonchev–Trinajstić information content (AvgIpc) is 2.40. The Morgan fingerprint density at radius 2 is 2.15 bits per heavy atom. The first kappa shape index (κ1) is 13.9. The summed E-state index contributed by atoms with van der Waals surface area (Å²) in [4.78, 5) is 15.4. The molecule has 0 bridgehead atoms. The molecule has 0 spiro atoms. The molecule has 0 fully saturated rings. The molecule has 0 aliphatic heterocycles. The van der Waals surface area contributed by atoms with Gasteiger partial charge in [0.15, 0.2) is 0 Å². The van der Waals surface area contributed by atoms with E-state index in [1.54, 1.807) is 0 Å². The monoisotopic (exact) mass is 270 g/mol. The lowest BCUT2D eigenvalue weighted by molar-refractivity contribution is 0.100. The van der Waals surface area contributed by atoms with E-state index in [0.717, 1.165) is 6.42 Å². The first-order valence-corrected chi connectivity index (χ1v) is 6.41. The molecule has 2 aromatic rings. The van der Waals surface area contributed by atoms with E-state index in [0.29, 0.717) is 23.6 Å². The molecule has 0 radical (unpaired) electrons. The second-order valence-electron chi connectivity index (χ2n) is 4.69. The molecule has 0 aliphatic carbocycles. The van der Waals surface area contributed by atoms with Crippen molar-refractivity contribution >= 4 is 17.4 Å². The van der Waals surface area contributed by atoms with Crippen LogP contribution in [-0.4, -0.2) is 17.4 Å². The van der Waals surface area contributed by atoms with E-state index in [1.165, 1.54) is 23.4 Å². The Hall–Kier alpha value is -2.56. The summed E-state index contributed by atoms with van der Waals surface area (Å²) in [5.74, 6) is -0.0674. The Morgan fingerprint density at radius 1 is 1.35 bits per heavy atom. The van der Waals surface area contributed by atoms with E-state index in [9.17, 15) is 4.79 Å². The summed E-state index contributed by atoms with van der Waals surface area (Å²) >= 11 is 0. The average molecular weight is 270 g/mol. The molecule has 1 aromatic heterocycles. The van der Waals surface area contributed by atoms with E-state index < -0.39 is 5.91 Å². The number of nitrogens with two attached hydrogens (primary N) is 2. The second kappa shape index (κ2) is 6.06. The van der Waals surface area contributed by atoms with Crippen LogP contribution in [0.2, 0.25) is 0 Å². The van der Waals surface area contributed by atoms with Gasteiger partial charge in [0.05, 0.1) is 17.4 Å². The van der Waals surface area contributed by atoms with Gasteiger partial charge in [-0.3, -0.25) is 4.79 Å². The van der Waals surface area contributed by atoms with E-state index in [1.807, 2.05) is 6.07 Å². The zero-order valence-corrected chi connectivity index (χ0v) is 11.4. The summed E-state index contributed by atoms with van der Waals surface area (Å²) in [7, 11) is 0. The fourth-order valence-corrected chi connectivity index (χ4v) is 2.00. The summed E-state index contributed by atoms with van der Waals surface area (Å²) in [6, 6.07) is 9.82. The molecule has 1 amide bonds. The number of pyridine rings is 1. The Morgan fingerprint density at radius 3 is 2.85 bits per heavy atom. The maximum Gasteiger partial charge on any atom is 0.252 e. The molecule has 0 unspecified atom stereocenters. The van der Waals surface area contributed by atoms with Gasteiger partial charge in [0.25, 0.3) is 5.91 Å². The van der Waals surface area contributed by atoms with Crippen LogP contribution in [0.25, 0.3) is 0 Å². The van der Waals surface area contributed by atoms with Gasteiger partial charge < -0.3 is 16.8 Å². The highest BCUT2D eigenvalue weighted by Gasteiger charge is 2.09. The largest absolute Gasteiger partial charge is 0.397 e. The zero-order chi connectivity index (χ0) is 14.5. The van der Waals surface area contributed by atoms with Gasteiger partial charge in [-0.25, -0.2) is 4.98 Å². The van der Waals surface area contributed by atoms with Crippen LogP contribution in [0.1, 0.15) is 21.5 Å². The number of aromatic nitrogens is 1. The first-order valence-electron chi connectivity index (χ1n) is 6.41. The van der Waals surface area contributed by atoms with E-state index in [-0.39, 0.29) is 0 Å². The zero-order valence-electron chi connectivity index (χ0n) is 11.4. The van der Waals surface area contributed by atoms with Crippen LogP contribution < -0.4 is 16.8 Å². The number of carbonyl (C=O) groups is 1. The summed E-state index contributed by atoms with van der Waals surface area (Å²) in [6.45, 7) is 2.73. The summed E-state index contributed by atoms with van der Waals surface area (Å²) in [5.41, 5.74) is 14.1. The molecule has 0 saturated carbocycles. The Labute approximate surface area is 118 Å². The third-order valence-electron chi connectivity index (χ3n) is 2.96. The van der Waals surface area contributed by atoms with Crippen molar-refractivity contribution in [2.75, 3.05) is 17.6 Å². The number of amides is 1. The molecule has 5 nitrogen and oxygen atoms in total. The molecule has 0 aliphatic rings. The molecule has 5 heteroatoms. The van der Waals surface area contributed by atoms with Crippen LogP contribution in [0.4, 0.5) is 11.5 Å². The van der Waals surface area contributed by atoms with Crippen molar-refractivity contribution in [3.63, 3.8) is 0 Å². The number of nitrogens with one attached hydrogen (secondary N) is 1. The van der Waals surface area contributed by atoms with E-state index >= 15 is 0 Å².